The first-order valence-corrected chi connectivity index (χ1v) is 5.87. The number of hydrogen-bond acceptors (Lipinski definition) is 3. The number of hydrogen-bond donors (Lipinski definition) is 1. The topological polar surface area (TPSA) is 50.2 Å². The average molecular weight is 220 g/mol. The number of nitrogens with zero attached hydrogens (tertiary/aromatic N) is 3. The fourth-order valence-electron chi connectivity index (χ4n) is 2.48. The molecule has 1 unspecified atom stereocenters. The zero-order valence-electron chi connectivity index (χ0n) is 9.22. The van der Waals surface area contributed by atoms with E-state index in [1.54, 1.807) is 6.20 Å². The minimum absolute atomic E-state index is 0.0431. The monoisotopic (exact) mass is 220 g/mol. The summed E-state index contributed by atoms with van der Waals surface area (Å²) in [6, 6.07) is 0.0431. The van der Waals surface area contributed by atoms with Gasteiger partial charge in [0.15, 0.2) is 0 Å². The van der Waals surface area contributed by atoms with Crippen molar-refractivity contribution in [3.8, 4) is 0 Å². The zero-order valence-corrected chi connectivity index (χ0v) is 9.22. The molecule has 1 atom stereocenters. The number of fused-ring (bicyclic) bond motifs is 1. The van der Waals surface area contributed by atoms with Crippen molar-refractivity contribution in [1.82, 2.24) is 19.8 Å². The summed E-state index contributed by atoms with van der Waals surface area (Å²) in [7, 11) is 0. The normalized spacial score (nSPS) is 24.5. The zero-order chi connectivity index (χ0) is 11.0. The van der Waals surface area contributed by atoms with Gasteiger partial charge >= 0.3 is 0 Å². The third kappa shape index (κ3) is 1.61. The molecule has 86 valence electrons. The van der Waals surface area contributed by atoms with E-state index in [2.05, 4.69) is 14.9 Å². The molecule has 0 bridgehead atoms. The van der Waals surface area contributed by atoms with Crippen molar-refractivity contribution in [2.45, 2.75) is 32.0 Å². The van der Waals surface area contributed by atoms with Crippen LogP contribution in [-0.2, 0) is 17.9 Å². The summed E-state index contributed by atoms with van der Waals surface area (Å²) in [6.07, 6.45) is 5.87. The van der Waals surface area contributed by atoms with Crippen LogP contribution in [0.2, 0.25) is 0 Å². The molecule has 0 aliphatic carbocycles. The van der Waals surface area contributed by atoms with Crippen LogP contribution < -0.4 is 5.32 Å². The summed E-state index contributed by atoms with van der Waals surface area (Å²) in [5.74, 6) is 1.24. The van der Waals surface area contributed by atoms with Gasteiger partial charge in [0.05, 0.1) is 12.6 Å². The number of rotatable bonds is 1. The van der Waals surface area contributed by atoms with E-state index < -0.39 is 0 Å². The summed E-state index contributed by atoms with van der Waals surface area (Å²) in [5.41, 5.74) is 0. The highest BCUT2D eigenvalue weighted by Crippen LogP contribution is 2.14. The molecule has 0 aromatic carbocycles. The SMILES string of the molecule is O=C(C1CCCN1)N1CCn2ccnc2C1. The average Bonchev–Trinajstić information content (AvgIpc) is 2.98. The minimum atomic E-state index is 0.0431. The molecule has 16 heavy (non-hydrogen) atoms. The van der Waals surface area contributed by atoms with Crippen molar-refractivity contribution in [3.05, 3.63) is 18.2 Å². The summed E-state index contributed by atoms with van der Waals surface area (Å²) >= 11 is 0. The molecule has 1 fully saturated rings. The maximum absolute atomic E-state index is 12.2. The van der Waals surface area contributed by atoms with Gasteiger partial charge in [-0.15, -0.1) is 0 Å². The molecule has 0 radical (unpaired) electrons. The molecule has 2 aliphatic heterocycles. The Morgan fingerprint density at radius 1 is 1.50 bits per heavy atom. The lowest BCUT2D eigenvalue weighted by Gasteiger charge is -2.29. The van der Waals surface area contributed by atoms with Gasteiger partial charge in [-0.05, 0) is 19.4 Å². The molecule has 0 spiro atoms. The van der Waals surface area contributed by atoms with Gasteiger partial charge in [0.2, 0.25) is 5.91 Å². The molecule has 1 amide bonds. The Balaban J connectivity index is 1.71. The fourth-order valence-corrected chi connectivity index (χ4v) is 2.48. The third-order valence-corrected chi connectivity index (χ3v) is 3.41. The summed E-state index contributed by atoms with van der Waals surface area (Å²) in [6.45, 7) is 3.30. The Labute approximate surface area is 94.4 Å². The number of carbonyl (C=O) groups is 1. The van der Waals surface area contributed by atoms with Crippen LogP contribution in [0.15, 0.2) is 12.4 Å². The first-order chi connectivity index (χ1) is 7.84. The van der Waals surface area contributed by atoms with Crippen LogP contribution in [0.1, 0.15) is 18.7 Å². The maximum Gasteiger partial charge on any atom is 0.240 e. The van der Waals surface area contributed by atoms with Gasteiger partial charge in [0.1, 0.15) is 5.82 Å². The van der Waals surface area contributed by atoms with Gasteiger partial charge in [0, 0.05) is 25.5 Å². The predicted octanol–water partition coefficient (Wildman–Crippen LogP) is -0.0227. The molecule has 3 heterocycles. The van der Waals surface area contributed by atoms with Crippen LogP contribution in [0.4, 0.5) is 0 Å². The van der Waals surface area contributed by atoms with E-state index in [0.29, 0.717) is 6.54 Å². The van der Waals surface area contributed by atoms with Crippen LogP contribution in [0, 0.1) is 0 Å². The van der Waals surface area contributed by atoms with Gasteiger partial charge in [-0.1, -0.05) is 0 Å². The number of imidazole rings is 1. The lowest BCUT2D eigenvalue weighted by atomic mass is 10.2. The Morgan fingerprint density at radius 3 is 3.25 bits per heavy atom. The quantitative estimate of drug-likeness (QED) is 0.723. The van der Waals surface area contributed by atoms with Crippen LogP contribution in [-0.4, -0.2) is 39.5 Å². The van der Waals surface area contributed by atoms with Crippen molar-refractivity contribution >= 4 is 5.91 Å². The summed E-state index contributed by atoms with van der Waals surface area (Å²) in [4.78, 5) is 18.3. The van der Waals surface area contributed by atoms with Gasteiger partial charge < -0.3 is 14.8 Å². The molecule has 1 saturated heterocycles. The van der Waals surface area contributed by atoms with Gasteiger partial charge in [-0.2, -0.15) is 0 Å². The Bertz CT molecular complexity index is 394. The van der Waals surface area contributed by atoms with Crippen LogP contribution in [0.25, 0.3) is 0 Å². The lowest BCUT2D eigenvalue weighted by Crippen LogP contribution is -2.46. The highest BCUT2D eigenvalue weighted by molar-refractivity contribution is 5.82. The van der Waals surface area contributed by atoms with Crippen molar-refractivity contribution in [3.63, 3.8) is 0 Å². The molecule has 1 aromatic heterocycles. The van der Waals surface area contributed by atoms with E-state index in [9.17, 15) is 4.79 Å². The molecular weight excluding hydrogens is 204 g/mol. The molecular formula is C11H16N4O. The standard InChI is InChI=1S/C11H16N4O/c16-11(9-2-1-3-12-9)15-7-6-14-5-4-13-10(14)8-15/h4-5,9,12H,1-3,6-8H2. The van der Waals surface area contributed by atoms with E-state index >= 15 is 0 Å². The molecule has 5 heteroatoms. The second kappa shape index (κ2) is 3.90. The smallest absolute Gasteiger partial charge is 0.240 e. The van der Waals surface area contributed by atoms with E-state index in [4.69, 9.17) is 0 Å². The van der Waals surface area contributed by atoms with Gasteiger partial charge in [-0.25, -0.2) is 4.98 Å². The largest absolute Gasteiger partial charge is 0.332 e. The van der Waals surface area contributed by atoms with E-state index in [1.165, 1.54) is 0 Å². The van der Waals surface area contributed by atoms with Crippen molar-refractivity contribution in [2.75, 3.05) is 13.1 Å². The van der Waals surface area contributed by atoms with Crippen molar-refractivity contribution < 1.29 is 4.79 Å². The van der Waals surface area contributed by atoms with Crippen LogP contribution in [0.3, 0.4) is 0 Å². The predicted molar refractivity (Wildman–Crippen MR) is 58.7 cm³/mol. The highest BCUT2D eigenvalue weighted by Gasteiger charge is 2.29. The molecule has 5 nitrogen and oxygen atoms in total. The van der Waals surface area contributed by atoms with E-state index in [0.717, 1.165) is 38.3 Å². The minimum Gasteiger partial charge on any atom is -0.332 e. The highest BCUT2D eigenvalue weighted by atomic mass is 16.2. The van der Waals surface area contributed by atoms with Crippen molar-refractivity contribution in [1.29, 1.82) is 0 Å². The third-order valence-electron chi connectivity index (χ3n) is 3.41. The van der Waals surface area contributed by atoms with Crippen molar-refractivity contribution in [2.24, 2.45) is 0 Å². The first-order valence-electron chi connectivity index (χ1n) is 5.87. The lowest BCUT2D eigenvalue weighted by molar-refractivity contribution is -0.134. The Kier molecular flexibility index (Phi) is 2.40. The molecule has 1 aromatic rings. The van der Waals surface area contributed by atoms with Crippen LogP contribution in [0.5, 0.6) is 0 Å². The second-order valence-corrected chi connectivity index (χ2v) is 4.45. The second-order valence-electron chi connectivity index (χ2n) is 4.45. The molecule has 3 rings (SSSR count). The molecule has 0 saturated carbocycles. The molecule has 1 N–H and O–H groups in total. The fraction of sp³-hybridized carbons (Fsp3) is 0.636. The Hall–Kier alpha value is -1.36. The Morgan fingerprint density at radius 2 is 2.44 bits per heavy atom. The number of nitrogens with one attached hydrogen (secondary N) is 1. The maximum atomic E-state index is 12.2. The van der Waals surface area contributed by atoms with E-state index in [1.807, 2.05) is 11.1 Å². The summed E-state index contributed by atoms with van der Waals surface area (Å²) in [5, 5.41) is 3.25. The van der Waals surface area contributed by atoms with Gasteiger partial charge in [-0.3, -0.25) is 4.79 Å². The number of aromatic nitrogens is 2. The van der Waals surface area contributed by atoms with Gasteiger partial charge in [0.25, 0.3) is 0 Å². The number of amides is 1. The number of carbonyl (C=O) groups excluding carboxylic acids is 1. The molecule has 2 aliphatic rings. The summed E-state index contributed by atoms with van der Waals surface area (Å²) < 4.78 is 2.12. The first kappa shape index (κ1) is 9.84. The van der Waals surface area contributed by atoms with E-state index in [-0.39, 0.29) is 11.9 Å². The van der Waals surface area contributed by atoms with Crippen LogP contribution >= 0.6 is 0 Å².